The van der Waals surface area contributed by atoms with Crippen molar-refractivity contribution in [3.8, 4) is 11.5 Å². The number of imidazole rings is 1. The fraction of sp³-hybridized carbons (Fsp3) is 0.333. The van der Waals surface area contributed by atoms with Crippen molar-refractivity contribution in [3.63, 3.8) is 0 Å². The first-order chi connectivity index (χ1) is 12.1. The van der Waals surface area contributed by atoms with Crippen molar-refractivity contribution in [2.24, 2.45) is 0 Å². The third-order valence-electron chi connectivity index (χ3n) is 3.85. The van der Waals surface area contributed by atoms with Crippen LogP contribution in [0, 0.1) is 6.92 Å². The standard InChI is InChI=1S/C18H21N3O3S.Na.H/c1-4-9-24-16-10-19-15(12(2)17(16)23-3)11-25(22)18-20-13-7-5-6-8-14(13)21-18;;/h5-8,10H,4,9,11H2,1-3H3,(H,20,21);;/q;+1;-1. The van der Waals surface area contributed by atoms with E-state index in [4.69, 9.17) is 9.47 Å². The maximum atomic E-state index is 12.7. The minimum absolute atomic E-state index is 0. The number of para-hydroxylation sites is 2. The zero-order chi connectivity index (χ0) is 17.8. The van der Waals surface area contributed by atoms with Crippen LogP contribution >= 0.6 is 0 Å². The minimum atomic E-state index is -1.33. The molecule has 1 aromatic carbocycles. The molecule has 0 fully saturated rings. The van der Waals surface area contributed by atoms with Crippen molar-refractivity contribution in [2.75, 3.05) is 13.7 Å². The number of hydrogen-bond donors (Lipinski definition) is 1. The summed E-state index contributed by atoms with van der Waals surface area (Å²) in [5.74, 6) is 1.51. The Balaban J connectivity index is 0.00000182. The Morgan fingerprint density at radius 2 is 2.08 bits per heavy atom. The molecule has 3 rings (SSSR count). The van der Waals surface area contributed by atoms with E-state index in [-0.39, 0.29) is 36.7 Å². The summed E-state index contributed by atoms with van der Waals surface area (Å²) in [7, 11) is 0.273. The van der Waals surface area contributed by atoms with E-state index in [1.165, 1.54) is 0 Å². The van der Waals surface area contributed by atoms with Gasteiger partial charge in [0.1, 0.15) is 0 Å². The number of pyridine rings is 1. The first kappa shape index (κ1) is 20.9. The molecule has 26 heavy (non-hydrogen) atoms. The number of aromatic amines is 1. The summed E-state index contributed by atoms with van der Waals surface area (Å²) in [4.78, 5) is 11.9. The SMILES string of the molecule is CCCOc1cnc(CS(=O)c2nc3ccccc3[nH]2)c(C)c1OC.[H-].[Na+]. The molecule has 2 aromatic heterocycles. The molecule has 0 aliphatic heterocycles. The summed E-state index contributed by atoms with van der Waals surface area (Å²) in [5.41, 5.74) is 3.22. The molecule has 1 unspecified atom stereocenters. The van der Waals surface area contributed by atoms with Crippen molar-refractivity contribution in [1.29, 1.82) is 0 Å². The van der Waals surface area contributed by atoms with E-state index in [2.05, 4.69) is 15.0 Å². The number of aromatic nitrogens is 3. The normalized spacial score (nSPS) is 11.8. The quantitative estimate of drug-likeness (QED) is 0.601. The average Bonchev–Trinajstić information content (AvgIpc) is 3.06. The molecule has 6 nitrogen and oxygen atoms in total. The molecule has 0 radical (unpaired) electrons. The number of benzene rings is 1. The number of hydrogen-bond acceptors (Lipinski definition) is 5. The number of nitrogens with one attached hydrogen (secondary N) is 1. The number of methoxy groups -OCH3 is 1. The van der Waals surface area contributed by atoms with Crippen LogP contribution in [-0.2, 0) is 16.6 Å². The topological polar surface area (TPSA) is 77.1 Å². The fourth-order valence-electron chi connectivity index (χ4n) is 2.55. The number of ether oxygens (including phenoxy) is 2. The van der Waals surface area contributed by atoms with Crippen molar-refractivity contribution < 1.29 is 44.7 Å². The van der Waals surface area contributed by atoms with E-state index >= 15 is 0 Å². The van der Waals surface area contributed by atoms with E-state index in [1.807, 2.05) is 38.1 Å². The molecule has 1 atom stereocenters. The van der Waals surface area contributed by atoms with Crippen LogP contribution < -0.4 is 39.0 Å². The summed E-state index contributed by atoms with van der Waals surface area (Å²) < 4.78 is 23.8. The van der Waals surface area contributed by atoms with Crippen LogP contribution in [0.2, 0.25) is 0 Å². The first-order valence-corrected chi connectivity index (χ1v) is 9.44. The fourth-order valence-corrected chi connectivity index (χ4v) is 3.65. The van der Waals surface area contributed by atoms with Gasteiger partial charge in [-0.15, -0.1) is 0 Å². The third-order valence-corrected chi connectivity index (χ3v) is 5.01. The molecule has 0 spiro atoms. The summed E-state index contributed by atoms with van der Waals surface area (Å²) in [5, 5.41) is 0.452. The van der Waals surface area contributed by atoms with E-state index in [0.717, 1.165) is 23.0 Å². The predicted octanol–water partition coefficient (Wildman–Crippen LogP) is 0.488. The van der Waals surface area contributed by atoms with Gasteiger partial charge >= 0.3 is 29.6 Å². The predicted molar refractivity (Wildman–Crippen MR) is 98.6 cm³/mol. The van der Waals surface area contributed by atoms with Gasteiger partial charge in [0.15, 0.2) is 16.7 Å². The van der Waals surface area contributed by atoms with Crippen molar-refractivity contribution in [2.45, 2.75) is 31.2 Å². The second-order valence-electron chi connectivity index (χ2n) is 5.62. The van der Waals surface area contributed by atoms with Gasteiger partial charge in [-0.3, -0.25) is 9.19 Å². The maximum Gasteiger partial charge on any atom is 1.00 e. The third kappa shape index (κ3) is 4.46. The van der Waals surface area contributed by atoms with Gasteiger partial charge in [0.25, 0.3) is 0 Å². The molecule has 2 heterocycles. The second-order valence-corrected chi connectivity index (χ2v) is 6.99. The van der Waals surface area contributed by atoms with E-state index in [0.29, 0.717) is 29.0 Å². The minimum Gasteiger partial charge on any atom is -1.00 e. The Kier molecular flexibility index (Phi) is 7.64. The van der Waals surface area contributed by atoms with Gasteiger partial charge in [0, 0.05) is 5.56 Å². The molecule has 0 saturated carbocycles. The summed E-state index contributed by atoms with van der Waals surface area (Å²) in [6.45, 7) is 4.54. The molecule has 0 amide bonds. The summed E-state index contributed by atoms with van der Waals surface area (Å²) in [6, 6.07) is 7.62. The average molecular weight is 383 g/mol. The second kappa shape index (κ2) is 9.50. The summed E-state index contributed by atoms with van der Waals surface area (Å²) >= 11 is 0. The maximum absolute atomic E-state index is 12.7. The molecule has 134 valence electrons. The largest absolute Gasteiger partial charge is 1.00 e. The first-order valence-electron chi connectivity index (χ1n) is 8.12. The molecular weight excluding hydrogens is 361 g/mol. The molecule has 0 aliphatic rings. The van der Waals surface area contributed by atoms with Crippen molar-refractivity contribution >= 4 is 21.8 Å². The molecule has 8 heteroatoms. The Bertz CT molecular complexity index is 887. The van der Waals surface area contributed by atoms with Gasteiger partial charge < -0.3 is 15.9 Å². The smallest absolute Gasteiger partial charge is 1.00 e. The monoisotopic (exact) mass is 383 g/mol. The number of fused-ring (bicyclic) bond motifs is 1. The molecular formula is C18H22N3NaO3S. The van der Waals surface area contributed by atoms with Crippen LogP contribution in [0.3, 0.4) is 0 Å². The Morgan fingerprint density at radius 1 is 1.31 bits per heavy atom. The van der Waals surface area contributed by atoms with Crippen LogP contribution in [0.15, 0.2) is 35.6 Å². The zero-order valence-corrected chi connectivity index (χ0v) is 18.4. The Labute approximate surface area is 179 Å². The van der Waals surface area contributed by atoms with Gasteiger partial charge in [-0.2, -0.15) is 0 Å². The van der Waals surface area contributed by atoms with Gasteiger partial charge in [-0.25, -0.2) is 4.98 Å². The molecule has 0 aliphatic carbocycles. The Hall–Kier alpha value is -1.41. The molecule has 0 saturated heterocycles. The van der Waals surface area contributed by atoms with E-state index < -0.39 is 10.8 Å². The van der Waals surface area contributed by atoms with Crippen molar-refractivity contribution in [1.82, 2.24) is 15.0 Å². The van der Waals surface area contributed by atoms with Gasteiger partial charge in [0.05, 0.1) is 53.2 Å². The molecule has 1 N–H and O–H groups in total. The van der Waals surface area contributed by atoms with Gasteiger partial charge in [-0.1, -0.05) is 19.1 Å². The molecule has 0 bridgehead atoms. The zero-order valence-electron chi connectivity index (χ0n) is 16.5. The van der Waals surface area contributed by atoms with E-state index in [9.17, 15) is 4.21 Å². The number of rotatable bonds is 7. The van der Waals surface area contributed by atoms with Crippen LogP contribution in [-0.4, -0.2) is 32.9 Å². The summed E-state index contributed by atoms with van der Waals surface area (Å²) in [6.07, 6.45) is 2.53. The van der Waals surface area contributed by atoms with Crippen molar-refractivity contribution in [3.05, 3.63) is 41.7 Å². The molecule has 3 aromatic rings. The van der Waals surface area contributed by atoms with Gasteiger partial charge in [0.2, 0.25) is 0 Å². The van der Waals surface area contributed by atoms with E-state index in [1.54, 1.807) is 13.3 Å². The van der Waals surface area contributed by atoms with Crippen LogP contribution in [0.1, 0.15) is 26.0 Å². The number of H-pyrrole nitrogens is 1. The Morgan fingerprint density at radius 3 is 2.77 bits per heavy atom. The van der Waals surface area contributed by atoms with Crippen LogP contribution in [0.5, 0.6) is 11.5 Å². The van der Waals surface area contributed by atoms with Crippen LogP contribution in [0.25, 0.3) is 11.0 Å². The van der Waals surface area contributed by atoms with Crippen LogP contribution in [0.4, 0.5) is 0 Å². The number of nitrogens with zero attached hydrogens (tertiary/aromatic N) is 2. The van der Waals surface area contributed by atoms with Gasteiger partial charge in [-0.05, 0) is 25.5 Å².